The van der Waals surface area contributed by atoms with Crippen molar-refractivity contribution in [3.8, 4) is 22.7 Å². The molecule has 34 heavy (non-hydrogen) atoms. The molecule has 1 amide bonds. The highest BCUT2D eigenvalue weighted by atomic mass is 16.5. The van der Waals surface area contributed by atoms with Gasteiger partial charge in [0.15, 0.2) is 0 Å². The monoisotopic (exact) mass is 462 g/mol. The van der Waals surface area contributed by atoms with Crippen LogP contribution in [0.4, 0.5) is 0 Å². The van der Waals surface area contributed by atoms with Gasteiger partial charge in [0.1, 0.15) is 11.4 Å². The molecular weight excluding hydrogens is 428 g/mol. The number of rotatable bonds is 9. The smallest absolute Gasteiger partial charge is 0.255 e. The van der Waals surface area contributed by atoms with Crippen molar-refractivity contribution in [3.05, 3.63) is 66.4 Å². The predicted octanol–water partition coefficient (Wildman–Crippen LogP) is 4.02. The topological polar surface area (TPSA) is 68.6 Å². The predicted molar refractivity (Wildman–Crippen MR) is 134 cm³/mol. The molecule has 0 spiro atoms. The zero-order valence-electron chi connectivity index (χ0n) is 20.2. The maximum absolute atomic E-state index is 13.5. The third-order valence-electron chi connectivity index (χ3n) is 6.15. The van der Waals surface area contributed by atoms with Crippen molar-refractivity contribution in [1.29, 1.82) is 0 Å². The van der Waals surface area contributed by atoms with Crippen LogP contribution < -0.4 is 10.1 Å². The second-order valence-corrected chi connectivity index (χ2v) is 9.01. The van der Waals surface area contributed by atoms with Crippen LogP contribution >= 0.6 is 0 Å². The lowest BCUT2D eigenvalue weighted by Crippen LogP contribution is -2.49. The normalized spacial score (nSPS) is 15.3. The van der Waals surface area contributed by atoms with E-state index in [1.54, 1.807) is 18.0 Å². The number of aromatic nitrogens is 2. The number of carbonyl (C=O) groups is 1. The standard InChI is InChI=1S/C27H34N4O3/c1-20(2)17-22(30-13-15-34-16-14-30)18-28-27(32)24-19-31(21-9-5-4-6-10-21)29-26(24)23-11-7-8-12-25(23)33-3/h4-12,19-20,22H,13-18H2,1-3H3,(H,28,32). The summed E-state index contributed by atoms with van der Waals surface area (Å²) in [6.07, 6.45) is 2.82. The summed E-state index contributed by atoms with van der Waals surface area (Å²) in [6, 6.07) is 17.7. The van der Waals surface area contributed by atoms with Crippen molar-refractivity contribution in [2.45, 2.75) is 26.3 Å². The van der Waals surface area contributed by atoms with Crippen LogP contribution in [0.15, 0.2) is 60.8 Å². The van der Waals surface area contributed by atoms with Gasteiger partial charge in [0.05, 0.1) is 31.6 Å². The SMILES string of the molecule is COc1ccccc1-c1nn(-c2ccccc2)cc1C(=O)NCC(CC(C)C)N1CCOCC1. The number of para-hydroxylation sites is 2. The molecule has 7 heteroatoms. The molecule has 1 N–H and O–H groups in total. The van der Waals surface area contributed by atoms with E-state index in [1.807, 2.05) is 54.6 Å². The fourth-order valence-corrected chi connectivity index (χ4v) is 4.45. The summed E-state index contributed by atoms with van der Waals surface area (Å²) < 4.78 is 12.9. The molecule has 0 saturated carbocycles. The van der Waals surface area contributed by atoms with Crippen LogP contribution in [0.3, 0.4) is 0 Å². The highest BCUT2D eigenvalue weighted by molar-refractivity contribution is 6.00. The van der Waals surface area contributed by atoms with E-state index in [9.17, 15) is 4.79 Å². The minimum absolute atomic E-state index is 0.134. The fraction of sp³-hybridized carbons (Fsp3) is 0.407. The molecule has 3 aromatic rings. The number of hydrogen-bond acceptors (Lipinski definition) is 5. The van der Waals surface area contributed by atoms with E-state index in [-0.39, 0.29) is 11.9 Å². The minimum Gasteiger partial charge on any atom is -0.496 e. The summed E-state index contributed by atoms with van der Waals surface area (Å²) in [4.78, 5) is 15.9. The van der Waals surface area contributed by atoms with Crippen molar-refractivity contribution in [1.82, 2.24) is 20.0 Å². The first-order chi connectivity index (χ1) is 16.6. The van der Waals surface area contributed by atoms with E-state index in [1.165, 1.54) is 0 Å². The molecule has 2 aromatic carbocycles. The van der Waals surface area contributed by atoms with Crippen LogP contribution in [0.25, 0.3) is 16.9 Å². The van der Waals surface area contributed by atoms with Gasteiger partial charge in [-0.1, -0.05) is 44.2 Å². The van der Waals surface area contributed by atoms with E-state index in [4.69, 9.17) is 14.6 Å². The Bertz CT molecular complexity index is 1070. The molecule has 1 saturated heterocycles. The first kappa shape index (κ1) is 24.0. The molecule has 180 valence electrons. The molecule has 1 aromatic heterocycles. The lowest BCUT2D eigenvalue weighted by Gasteiger charge is -2.35. The van der Waals surface area contributed by atoms with Gasteiger partial charge < -0.3 is 14.8 Å². The van der Waals surface area contributed by atoms with Crippen LogP contribution in [0.5, 0.6) is 5.75 Å². The summed E-state index contributed by atoms with van der Waals surface area (Å²) in [5.74, 6) is 1.08. The van der Waals surface area contributed by atoms with E-state index >= 15 is 0 Å². The molecule has 1 atom stereocenters. The second-order valence-electron chi connectivity index (χ2n) is 9.01. The Balaban J connectivity index is 1.62. The fourth-order valence-electron chi connectivity index (χ4n) is 4.45. The average Bonchev–Trinajstić information content (AvgIpc) is 3.32. The number of nitrogens with one attached hydrogen (secondary N) is 1. The van der Waals surface area contributed by atoms with Gasteiger partial charge in [-0.3, -0.25) is 9.69 Å². The Hall–Kier alpha value is -3.16. The highest BCUT2D eigenvalue weighted by Crippen LogP contribution is 2.31. The van der Waals surface area contributed by atoms with Gasteiger partial charge in [-0.25, -0.2) is 4.68 Å². The molecule has 1 aliphatic heterocycles. The van der Waals surface area contributed by atoms with Crippen LogP contribution in [0, 0.1) is 5.92 Å². The Labute approximate surface area is 201 Å². The number of ether oxygens (including phenoxy) is 2. The van der Waals surface area contributed by atoms with E-state index in [0.29, 0.717) is 29.5 Å². The maximum atomic E-state index is 13.5. The first-order valence-electron chi connectivity index (χ1n) is 11.9. The molecule has 0 aliphatic carbocycles. The molecule has 7 nitrogen and oxygen atoms in total. The molecule has 1 unspecified atom stereocenters. The minimum atomic E-state index is -0.134. The second kappa shape index (κ2) is 11.3. The zero-order valence-corrected chi connectivity index (χ0v) is 20.2. The van der Waals surface area contributed by atoms with Gasteiger partial charge >= 0.3 is 0 Å². The molecule has 1 fully saturated rings. The summed E-state index contributed by atoms with van der Waals surface area (Å²) in [7, 11) is 1.63. The number of nitrogens with zero attached hydrogens (tertiary/aromatic N) is 3. The number of carbonyl (C=O) groups excluding carboxylic acids is 1. The molecule has 4 rings (SSSR count). The van der Waals surface area contributed by atoms with Crippen LogP contribution in [0.2, 0.25) is 0 Å². The van der Waals surface area contributed by atoms with Gasteiger partial charge in [-0.05, 0) is 36.6 Å². The zero-order chi connectivity index (χ0) is 23.9. The van der Waals surface area contributed by atoms with Crippen molar-refractivity contribution < 1.29 is 14.3 Å². The Kier molecular flexibility index (Phi) is 7.98. The van der Waals surface area contributed by atoms with E-state index in [0.717, 1.165) is 44.0 Å². The lowest BCUT2D eigenvalue weighted by molar-refractivity contribution is 0.0124. The van der Waals surface area contributed by atoms with Crippen molar-refractivity contribution in [3.63, 3.8) is 0 Å². The van der Waals surface area contributed by atoms with Crippen molar-refractivity contribution in [2.75, 3.05) is 40.0 Å². The molecule has 2 heterocycles. The van der Waals surface area contributed by atoms with Gasteiger partial charge in [0, 0.05) is 37.4 Å². The van der Waals surface area contributed by atoms with Crippen LogP contribution in [-0.4, -0.2) is 66.6 Å². The van der Waals surface area contributed by atoms with E-state index in [2.05, 4.69) is 24.1 Å². The number of amides is 1. The first-order valence-corrected chi connectivity index (χ1v) is 11.9. The summed E-state index contributed by atoms with van der Waals surface area (Å²) in [5, 5.41) is 7.99. The Morgan fingerprint density at radius 3 is 2.50 bits per heavy atom. The van der Waals surface area contributed by atoms with Gasteiger partial charge in [0.2, 0.25) is 0 Å². The average molecular weight is 463 g/mol. The maximum Gasteiger partial charge on any atom is 0.255 e. The molecule has 0 radical (unpaired) electrons. The number of hydrogen-bond donors (Lipinski definition) is 1. The summed E-state index contributed by atoms with van der Waals surface area (Å²) in [6.45, 7) is 8.29. The summed E-state index contributed by atoms with van der Waals surface area (Å²) >= 11 is 0. The molecular formula is C27H34N4O3. The van der Waals surface area contributed by atoms with Gasteiger partial charge in [-0.15, -0.1) is 0 Å². The number of methoxy groups -OCH3 is 1. The van der Waals surface area contributed by atoms with Gasteiger partial charge in [-0.2, -0.15) is 5.10 Å². The third-order valence-corrected chi connectivity index (χ3v) is 6.15. The Morgan fingerprint density at radius 1 is 1.09 bits per heavy atom. The number of morpholine rings is 1. The summed E-state index contributed by atoms with van der Waals surface area (Å²) in [5.41, 5.74) is 2.81. The van der Waals surface area contributed by atoms with Crippen LogP contribution in [0.1, 0.15) is 30.6 Å². The van der Waals surface area contributed by atoms with Crippen LogP contribution in [-0.2, 0) is 4.74 Å². The lowest BCUT2D eigenvalue weighted by atomic mass is 10.0. The largest absolute Gasteiger partial charge is 0.496 e. The highest BCUT2D eigenvalue weighted by Gasteiger charge is 2.25. The molecule has 1 aliphatic rings. The molecule has 0 bridgehead atoms. The van der Waals surface area contributed by atoms with Crippen molar-refractivity contribution in [2.24, 2.45) is 5.92 Å². The van der Waals surface area contributed by atoms with E-state index < -0.39 is 0 Å². The van der Waals surface area contributed by atoms with Crippen molar-refractivity contribution >= 4 is 5.91 Å². The Morgan fingerprint density at radius 2 is 1.79 bits per heavy atom. The third kappa shape index (κ3) is 5.66. The quantitative estimate of drug-likeness (QED) is 0.520. The van der Waals surface area contributed by atoms with Gasteiger partial charge in [0.25, 0.3) is 5.91 Å². The number of benzene rings is 2.